The predicted octanol–water partition coefficient (Wildman–Crippen LogP) is 4.93. The fraction of sp³-hybridized carbons (Fsp3) is 0.455. The molecule has 0 fully saturated rings. The number of aliphatic hydroxyl groups excluding tert-OH is 1. The van der Waals surface area contributed by atoms with Gasteiger partial charge in [0.15, 0.2) is 0 Å². The molecule has 0 aliphatic rings. The number of aliphatic hydroxyl groups is 1. The van der Waals surface area contributed by atoms with Gasteiger partial charge in [-0.2, -0.15) is 0 Å². The molecule has 3 nitrogen and oxygen atoms in total. The maximum Gasteiger partial charge on any atom is 0.118 e. The first-order valence-electron chi connectivity index (χ1n) is 9.10. The Kier molecular flexibility index (Phi) is 9.14. The number of rotatable bonds is 9. The molecule has 0 spiro atoms. The molecule has 0 amide bonds. The third kappa shape index (κ3) is 6.31. The smallest absolute Gasteiger partial charge is 0.118 e. The van der Waals surface area contributed by atoms with Gasteiger partial charge in [0, 0.05) is 11.6 Å². The highest BCUT2D eigenvalue weighted by molar-refractivity contribution is 5.85. The Hall–Kier alpha value is -1.55. The van der Waals surface area contributed by atoms with E-state index in [4.69, 9.17) is 4.74 Å². The molecule has 0 heterocycles. The number of methoxy groups -OCH3 is 1. The maximum absolute atomic E-state index is 10.5. The lowest BCUT2D eigenvalue weighted by Gasteiger charge is -2.36. The van der Waals surface area contributed by atoms with E-state index in [2.05, 4.69) is 62.5 Å². The summed E-state index contributed by atoms with van der Waals surface area (Å²) in [6.45, 7) is 6.26. The second-order valence-electron chi connectivity index (χ2n) is 7.19. The van der Waals surface area contributed by atoms with Crippen molar-refractivity contribution in [2.75, 3.05) is 7.11 Å². The summed E-state index contributed by atoms with van der Waals surface area (Å²) >= 11 is 0. The van der Waals surface area contributed by atoms with Crippen molar-refractivity contribution in [1.82, 2.24) is 5.32 Å². The molecule has 2 atom stereocenters. The standard InChI is InChI=1S/C22H31NO2.ClH/c1-5-9-21(24)22(2,3)23-20(16-17-10-7-6-8-11-17)18-12-14-19(25-4)15-13-18;/h6-8,10-15,20-21,23-24H,5,9,16H2,1-4H3;1H. The topological polar surface area (TPSA) is 41.5 Å². The van der Waals surface area contributed by atoms with E-state index in [1.165, 1.54) is 11.1 Å². The van der Waals surface area contributed by atoms with Crippen LogP contribution in [0.4, 0.5) is 0 Å². The zero-order chi connectivity index (χ0) is 18.3. The second-order valence-corrected chi connectivity index (χ2v) is 7.19. The van der Waals surface area contributed by atoms with Gasteiger partial charge in [-0.05, 0) is 49.9 Å². The molecule has 0 bridgehead atoms. The molecule has 2 aromatic rings. The van der Waals surface area contributed by atoms with E-state index in [0.717, 1.165) is 25.0 Å². The Labute approximate surface area is 164 Å². The lowest BCUT2D eigenvalue weighted by molar-refractivity contribution is 0.0642. The predicted molar refractivity (Wildman–Crippen MR) is 111 cm³/mol. The number of hydrogen-bond donors (Lipinski definition) is 2. The number of halogens is 1. The summed E-state index contributed by atoms with van der Waals surface area (Å²) in [5, 5.41) is 14.2. The van der Waals surface area contributed by atoms with Gasteiger partial charge in [0.1, 0.15) is 5.75 Å². The summed E-state index contributed by atoms with van der Waals surface area (Å²) in [7, 11) is 1.68. The van der Waals surface area contributed by atoms with E-state index >= 15 is 0 Å². The molecule has 0 aliphatic carbocycles. The van der Waals surface area contributed by atoms with Crippen LogP contribution >= 0.6 is 12.4 Å². The van der Waals surface area contributed by atoms with Crippen LogP contribution in [0.3, 0.4) is 0 Å². The Bertz CT molecular complexity index is 628. The molecule has 26 heavy (non-hydrogen) atoms. The van der Waals surface area contributed by atoms with E-state index in [1.807, 2.05) is 18.2 Å². The summed E-state index contributed by atoms with van der Waals surface area (Å²) in [6, 6.07) is 18.8. The highest BCUT2D eigenvalue weighted by Crippen LogP contribution is 2.26. The molecule has 4 heteroatoms. The first-order chi connectivity index (χ1) is 12.0. The van der Waals surface area contributed by atoms with Gasteiger partial charge in [0.2, 0.25) is 0 Å². The molecular weight excluding hydrogens is 346 g/mol. The minimum Gasteiger partial charge on any atom is -0.497 e. The molecule has 2 rings (SSSR count). The van der Waals surface area contributed by atoms with Crippen LogP contribution in [0.2, 0.25) is 0 Å². The van der Waals surface area contributed by atoms with Crippen LogP contribution in [-0.4, -0.2) is 23.9 Å². The normalized spacial score (nSPS) is 13.6. The van der Waals surface area contributed by atoms with E-state index in [-0.39, 0.29) is 30.1 Å². The molecule has 0 aliphatic heterocycles. The summed E-state index contributed by atoms with van der Waals surface area (Å²) < 4.78 is 5.28. The van der Waals surface area contributed by atoms with Crippen LogP contribution < -0.4 is 10.1 Å². The van der Waals surface area contributed by atoms with Crippen LogP contribution in [0.1, 0.15) is 50.8 Å². The lowest BCUT2D eigenvalue weighted by Crippen LogP contribution is -2.51. The summed E-state index contributed by atoms with van der Waals surface area (Å²) in [5.74, 6) is 0.854. The summed E-state index contributed by atoms with van der Waals surface area (Å²) in [5.41, 5.74) is 2.10. The van der Waals surface area contributed by atoms with Crippen molar-refractivity contribution in [2.45, 2.75) is 57.7 Å². The van der Waals surface area contributed by atoms with Gasteiger partial charge >= 0.3 is 0 Å². The van der Waals surface area contributed by atoms with E-state index in [0.29, 0.717) is 0 Å². The van der Waals surface area contributed by atoms with Gasteiger partial charge < -0.3 is 15.2 Å². The van der Waals surface area contributed by atoms with Crippen LogP contribution in [0.25, 0.3) is 0 Å². The van der Waals surface area contributed by atoms with Crippen molar-refractivity contribution >= 4 is 12.4 Å². The Morgan fingerprint density at radius 2 is 1.65 bits per heavy atom. The van der Waals surface area contributed by atoms with Crippen molar-refractivity contribution in [1.29, 1.82) is 0 Å². The minimum absolute atomic E-state index is 0. The van der Waals surface area contributed by atoms with Gasteiger partial charge in [-0.15, -0.1) is 12.4 Å². The first kappa shape index (κ1) is 22.5. The maximum atomic E-state index is 10.5. The molecule has 2 N–H and O–H groups in total. The molecule has 0 radical (unpaired) electrons. The monoisotopic (exact) mass is 377 g/mol. The molecule has 0 aromatic heterocycles. The highest BCUT2D eigenvalue weighted by atomic mass is 35.5. The third-order valence-corrected chi connectivity index (χ3v) is 4.74. The van der Waals surface area contributed by atoms with Crippen LogP contribution in [0, 0.1) is 0 Å². The van der Waals surface area contributed by atoms with Gasteiger partial charge in [0.05, 0.1) is 13.2 Å². The van der Waals surface area contributed by atoms with E-state index in [1.54, 1.807) is 7.11 Å². The molecule has 0 saturated heterocycles. The van der Waals surface area contributed by atoms with Gasteiger partial charge in [-0.1, -0.05) is 55.8 Å². The van der Waals surface area contributed by atoms with Crippen molar-refractivity contribution in [2.24, 2.45) is 0 Å². The summed E-state index contributed by atoms with van der Waals surface area (Å²) in [4.78, 5) is 0. The highest BCUT2D eigenvalue weighted by Gasteiger charge is 2.30. The average molecular weight is 378 g/mol. The van der Waals surface area contributed by atoms with Crippen molar-refractivity contribution in [3.05, 3.63) is 65.7 Å². The van der Waals surface area contributed by atoms with Crippen molar-refractivity contribution in [3.63, 3.8) is 0 Å². The fourth-order valence-corrected chi connectivity index (χ4v) is 3.12. The van der Waals surface area contributed by atoms with Crippen LogP contribution in [0.5, 0.6) is 5.75 Å². The quantitative estimate of drug-likeness (QED) is 0.651. The first-order valence-corrected chi connectivity index (χ1v) is 9.10. The fourth-order valence-electron chi connectivity index (χ4n) is 3.12. The third-order valence-electron chi connectivity index (χ3n) is 4.74. The Morgan fingerprint density at radius 3 is 2.19 bits per heavy atom. The minimum atomic E-state index is -0.381. The number of nitrogens with one attached hydrogen (secondary N) is 1. The van der Waals surface area contributed by atoms with Crippen LogP contribution in [0.15, 0.2) is 54.6 Å². The Morgan fingerprint density at radius 1 is 1.04 bits per heavy atom. The lowest BCUT2D eigenvalue weighted by atomic mass is 9.89. The van der Waals surface area contributed by atoms with E-state index < -0.39 is 0 Å². The van der Waals surface area contributed by atoms with Crippen molar-refractivity contribution < 1.29 is 9.84 Å². The second kappa shape index (κ2) is 10.6. The number of benzene rings is 2. The average Bonchev–Trinajstić information content (AvgIpc) is 2.62. The summed E-state index contributed by atoms with van der Waals surface area (Å²) in [6.07, 6.45) is 2.25. The number of ether oxygens (including phenoxy) is 1. The Balaban J connectivity index is 0.00000338. The van der Waals surface area contributed by atoms with Gasteiger partial charge in [-0.3, -0.25) is 0 Å². The molecule has 144 valence electrons. The zero-order valence-corrected chi connectivity index (χ0v) is 17.1. The molecular formula is C22H32ClNO2. The SMILES string of the molecule is CCCC(O)C(C)(C)NC(Cc1ccccc1)c1ccc(OC)cc1.Cl. The molecule has 0 saturated carbocycles. The van der Waals surface area contributed by atoms with Crippen LogP contribution in [-0.2, 0) is 6.42 Å². The number of hydrogen-bond acceptors (Lipinski definition) is 3. The van der Waals surface area contributed by atoms with Crippen molar-refractivity contribution in [3.8, 4) is 5.75 Å². The van der Waals surface area contributed by atoms with Gasteiger partial charge in [0.25, 0.3) is 0 Å². The zero-order valence-electron chi connectivity index (χ0n) is 16.2. The van der Waals surface area contributed by atoms with Gasteiger partial charge in [-0.25, -0.2) is 0 Å². The van der Waals surface area contributed by atoms with E-state index in [9.17, 15) is 5.11 Å². The molecule has 2 unspecified atom stereocenters. The largest absolute Gasteiger partial charge is 0.497 e. The molecule has 2 aromatic carbocycles.